The van der Waals surface area contributed by atoms with Crippen LogP contribution in [0.15, 0.2) is 0 Å². The van der Waals surface area contributed by atoms with Gasteiger partial charge in [-0.2, -0.15) is 0 Å². The standard InChI is InChI=1S/C15H24N2O4/c1-5-21-8-6-7-16-9-12(18)13-10(2)14(15(19)20-4)17-11(13)3/h16-17H,5-9H2,1-4H3. The number of rotatable bonds is 9. The first kappa shape index (κ1) is 17.4. The van der Waals surface area contributed by atoms with Crippen molar-refractivity contribution in [2.24, 2.45) is 0 Å². The summed E-state index contributed by atoms with van der Waals surface area (Å²) < 4.78 is 9.91. The molecule has 0 bridgehead atoms. The maximum Gasteiger partial charge on any atom is 0.354 e. The quantitative estimate of drug-likeness (QED) is 0.411. The Balaban J connectivity index is 2.58. The van der Waals surface area contributed by atoms with Crippen LogP contribution >= 0.6 is 0 Å². The van der Waals surface area contributed by atoms with Crippen LogP contribution in [0.25, 0.3) is 0 Å². The molecule has 0 unspecified atom stereocenters. The van der Waals surface area contributed by atoms with E-state index in [1.807, 2.05) is 6.92 Å². The highest BCUT2D eigenvalue weighted by atomic mass is 16.5. The van der Waals surface area contributed by atoms with Crippen molar-refractivity contribution in [2.75, 3.05) is 33.4 Å². The second-order valence-electron chi connectivity index (χ2n) is 4.77. The fourth-order valence-electron chi connectivity index (χ4n) is 2.21. The third kappa shape index (κ3) is 4.68. The Kier molecular flexibility index (Phi) is 7.11. The van der Waals surface area contributed by atoms with Crippen LogP contribution in [0.5, 0.6) is 0 Å². The predicted octanol–water partition coefficient (Wildman–Crippen LogP) is 1.62. The summed E-state index contributed by atoms with van der Waals surface area (Å²) in [5.41, 5.74) is 2.23. The van der Waals surface area contributed by atoms with Gasteiger partial charge in [-0.1, -0.05) is 0 Å². The molecular formula is C15H24N2O4. The normalized spacial score (nSPS) is 10.7. The molecule has 0 saturated carbocycles. The number of aromatic amines is 1. The summed E-state index contributed by atoms with van der Waals surface area (Å²) >= 11 is 0. The van der Waals surface area contributed by atoms with Crippen molar-refractivity contribution in [3.05, 3.63) is 22.5 Å². The van der Waals surface area contributed by atoms with Gasteiger partial charge in [-0.25, -0.2) is 4.79 Å². The molecule has 118 valence electrons. The molecule has 1 aromatic rings. The molecule has 1 aromatic heterocycles. The predicted molar refractivity (Wildman–Crippen MR) is 79.9 cm³/mol. The number of nitrogens with one attached hydrogen (secondary N) is 2. The highest BCUT2D eigenvalue weighted by Crippen LogP contribution is 2.19. The summed E-state index contributed by atoms with van der Waals surface area (Å²) in [4.78, 5) is 26.7. The Morgan fingerprint density at radius 3 is 2.62 bits per heavy atom. The molecule has 0 aromatic carbocycles. The van der Waals surface area contributed by atoms with Crippen molar-refractivity contribution < 1.29 is 19.1 Å². The second kappa shape index (κ2) is 8.59. The zero-order chi connectivity index (χ0) is 15.8. The lowest BCUT2D eigenvalue weighted by atomic mass is 10.1. The van der Waals surface area contributed by atoms with Crippen LogP contribution in [-0.4, -0.2) is 50.1 Å². The maximum atomic E-state index is 12.2. The molecule has 0 atom stereocenters. The lowest BCUT2D eigenvalue weighted by Gasteiger charge is -2.05. The van der Waals surface area contributed by atoms with E-state index >= 15 is 0 Å². The molecule has 0 radical (unpaired) electrons. The van der Waals surface area contributed by atoms with E-state index in [0.29, 0.717) is 35.7 Å². The molecule has 6 heteroatoms. The smallest absolute Gasteiger partial charge is 0.354 e. The van der Waals surface area contributed by atoms with E-state index in [1.165, 1.54) is 7.11 Å². The van der Waals surface area contributed by atoms with Gasteiger partial charge in [0, 0.05) is 24.5 Å². The van der Waals surface area contributed by atoms with Crippen LogP contribution in [0.1, 0.15) is 45.4 Å². The minimum absolute atomic E-state index is 0.0344. The van der Waals surface area contributed by atoms with Gasteiger partial charge in [-0.05, 0) is 39.3 Å². The number of hydrogen-bond acceptors (Lipinski definition) is 5. The number of aromatic nitrogens is 1. The van der Waals surface area contributed by atoms with Crippen molar-refractivity contribution in [3.63, 3.8) is 0 Å². The summed E-state index contributed by atoms with van der Waals surface area (Å²) in [5.74, 6) is -0.493. The molecule has 0 aliphatic rings. The van der Waals surface area contributed by atoms with Crippen molar-refractivity contribution in [3.8, 4) is 0 Å². The number of esters is 1. The van der Waals surface area contributed by atoms with E-state index < -0.39 is 5.97 Å². The molecule has 0 aliphatic carbocycles. The van der Waals surface area contributed by atoms with Crippen LogP contribution in [-0.2, 0) is 9.47 Å². The van der Waals surface area contributed by atoms with E-state index in [4.69, 9.17) is 9.47 Å². The fraction of sp³-hybridized carbons (Fsp3) is 0.600. The zero-order valence-corrected chi connectivity index (χ0v) is 13.2. The van der Waals surface area contributed by atoms with E-state index in [-0.39, 0.29) is 12.3 Å². The van der Waals surface area contributed by atoms with Gasteiger partial charge in [0.2, 0.25) is 0 Å². The Hall–Kier alpha value is -1.66. The molecule has 0 amide bonds. The average molecular weight is 296 g/mol. The zero-order valence-electron chi connectivity index (χ0n) is 13.2. The minimum atomic E-state index is -0.459. The first-order valence-corrected chi connectivity index (χ1v) is 7.12. The molecule has 1 heterocycles. The number of carbonyl (C=O) groups excluding carboxylic acids is 2. The van der Waals surface area contributed by atoms with E-state index in [9.17, 15) is 9.59 Å². The number of carbonyl (C=O) groups is 2. The van der Waals surface area contributed by atoms with Gasteiger partial charge in [-0.15, -0.1) is 0 Å². The van der Waals surface area contributed by atoms with Crippen molar-refractivity contribution >= 4 is 11.8 Å². The van der Waals surface area contributed by atoms with E-state index in [2.05, 4.69) is 10.3 Å². The summed E-state index contributed by atoms with van der Waals surface area (Å²) in [6.07, 6.45) is 0.861. The first-order valence-electron chi connectivity index (χ1n) is 7.12. The molecule has 2 N–H and O–H groups in total. The number of hydrogen-bond donors (Lipinski definition) is 2. The van der Waals surface area contributed by atoms with Crippen molar-refractivity contribution in [1.29, 1.82) is 0 Å². The van der Waals surface area contributed by atoms with Crippen LogP contribution in [0, 0.1) is 13.8 Å². The molecule has 0 spiro atoms. The third-order valence-electron chi connectivity index (χ3n) is 3.24. The summed E-state index contributed by atoms with van der Waals surface area (Å²) in [6, 6.07) is 0. The molecule has 1 rings (SSSR count). The van der Waals surface area contributed by atoms with Crippen LogP contribution in [0.4, 0.5) is 0 Å². The highest BCUT2D eigenvalue weighted by molar-refractivity contribution is 6.03. The number of H-pyrrole nitrogens is 1. The third-order valence-corrected chi connectivity index (χ3v) is 3.24. The minimum Gasteiger partial charge on any atom is -0.464 e. The SMILES string of the molecule is CCOCCCNCC(=O)c1c(C)[nH]c(C(=O)OC)c1C. The number of ether oxygens (including phenoxy) is 2. The maximum absolute atomic E-state index is 12.2. The Bertz CT molecular complexity index is 494. The van der Waals surface area contributed by atoms with Crippen molar-refractivity contribution in [2.45, 2.75) is 27.2 Å². The first-order chi connectivity index (χ1) is 10.0. The molecular weight excluding hydrogens is 272 g/mol. The van der Waals surface area contributed by atoms with Gasteiger partial charge in [0.05, 0.1) is 13.7 Å². The van der Waals surface area contributed by atoms with Gasteiger partial charge >= 0.3 is 5.97 Å². The topological polar surface area (TPSA) is 80.4 Å². The summed E-state index contributed by atoms with van der Waals surface area (Å²) in [5, 5.41) is 3.09. The number of Topliss-reactive ketones (excluding diaryl/α,β-unsaturated/α-hetero) is 1. The number of ketones is 1. The average Bonchev–Trinajstić information content (AvgIpc) is 2.76. The van der Waals surface area contributed by atoms with Crippen LogP contribution in [0.3, 0.4) is 0 Å². The second-order valence-corrected chi connectivity index (χ2v) is 4.77. The van der Waals surface area contributed by atoms with E-state index in [0.717, 1.165) is 13.0 Å². The molecule has 21 heavy (non-hydrogen) atoms. The van der Waals surface area contributed by atoms with E-state index in [1.54, 1.807) is 13.8 Å². The van der Waals surface area contributed by atoms with Crippen molar-refractivity contribution in [1.82, 2.24) is 10.3 Å². The lowest BCUT2D eigenvalue weighted by molar-refractivity contribution is 0.0594. The van der Waals surface area contributed by atoms with Gasteiger partial charge in [0.25, 0.3) is 0 Å². The highest BCUT2D eigenvalue weighted by Gasteiger charge is 2.21. The lowest BCUT2D eigenvalue weighted by Crippen LogP contribution is -2.25. The van der Waals surface area contributed by atoms with Crippen LogP contribution in [0.2, 0.25) is 0 Å². The molecule has 6 nitrogen and oxygen atoms in total. The van der Waals surface area contributed by atoms with Gasteiger partial charge in [0.15, 0.2) is 5.78 Å². The summed E-state index contributed by atoms with van der Waals surface area (Å²) in [6.45, 7) is 7.83. The van der Waals surface area contributed by atoms with Crippen LogP contribution < -0.4 is 5.32 Å². The fourth-order valence-corrected chi connectivity index (χ4v) is 2.21. The van der Waals surface area contributed by atoms with Gasteiger partial charge in [-0.3, -0.25) is 4.79 Å². The number of aryl methyl sites for hydroxylation is 1. The summed E-state index contributed by atoms with van der Waals surface area (Å²) in [7, 11) is 1.32. The molecule has 0 fully saturated rings. The molecule has 0 aliphatic heterocycles. The Morgan fingerprint density at radius 2 is 2.00 bits per heavy atom. The Labute approximate surface area is 125 Å². The van der Waals surface area contributed by atoms with Gasteiger partial charge in [0.1, 0.15) is 5.69 Å². The van der Waals surface area contributed by atoms with Gasteiger partial charge < -0.3 is 19.8 Å². The largest absolute Gasteiger partial charge is 0.464 e. The molecule has 0 saturated heterocycles. The monoisotopic (exact) mass is 296 g/mol. The Morgan fingerprint density at radius 1 is 1.29 bits per heavy atom. The number of methoxy groups -OCH3 is 1.